The molecule has 1 N–H and O–H groups in total. The van der Waals surface area contributed by atoms with Crippen molar-refractivity contribution in [1.82, 2.24) is 13.9 Å². The summed E-state index contributed by atoms with van der Waals surface area (Å²) in [6, 6.07) is 7.78. The third kappa shape index (κ3) is 5.34. The summed E-state index contributed by atoms with van der Waals surface area (Å²) in [6.07, 6.45) is 4.69. The van der Waals surface area contributed by atoms with Crippen molar-refractivity contribution in [2.45, 2.75) is 37.1 Å². The maximum Gasteiger partial charge on any atom is 0.270 e. The highest BCUT2D eigenvalue weighted by atomic mass is 35.5. The second kappa shape index (κ2) is 10.1. The van der Waals surface area contributed by atoms with Gasteiger partial charge in [0.15, 0.2) is 0 Å². The number of nitro benzene ring substituents is 1. The van der Waals surface area contributed by atoms with Gasteiger partial charge in [-0.05, 0) is 37.1 Å². The third-order valence-electron chi connectivity index (χ3n) is 5.75. The van der Waals surface area contributed by atoms with E-state index >= 15 is 0 Å². The first kappa shape index (κ1) is 24.8. The standard InChI is InChI=1S/C22H22ClN5O6S/c23-18-7-6-16(35(33,34)27-9-3-1-2-4-10-27)12-20(18)25-21(29)13-26-14-24-19-8-5-15(28(31)32)11-17(19)22(26)30/h5-8,11-12,14H,1-4,9-10,13H2,(H,25,29). The Bertz CT molecular complexity index is 1460. The summed E-state index contributed by atoms with van der Waals surface area (Å²) >= 11 is 6.19. The summed E-state index contributed by atoms with van der Waals surface area (Å²) in [4.78, 5) is 39.9. The molecule has 0 saturated carbocycles. The van der Waals surface area contributed by atoms with Crippen molar-refractivity contribution in [3.63, 3.8) is 0 Å². The number of carbonyl (C=O) groups is 1. The van der Waals surface area contributed by atoms with Crippen LogP contribution in [-0.2, 0) is 21.4 Å². The van der Waals surface area contributed by atoms with E-state index in [1.165, 1.54) is 34.6 Å². The molecular formula is C22H22ClN5O6S. The first-order chi connectivity index (χ1) is 16.7. The van der Waals surface area contributed by atoms with Gasteiger partial charge in [0.25, 0.3) is 11.2 Å². The minimum Gasteiger partial charge on any atom is -0.323 e. The van der Waals surface area contributed by atoms with Crippen molar-refractivity contribution in [2.75, 3.05) is 18.4 Å². The molecule has 0 unspecified atom stereocenters. The van der Waals surface area contributed by atoms with E-state index in [9.17, 15) is 28.1 Å². The number of benzene rings is 2. The van der Waals surface area contributed by atoms with Gasteiger partial charge in [0.2, 0.25) is 15.9 Å². The number of aromatic nitrogens is 2. The normalized spacial score (nSPS) is 15.0. The number of rotatable bonds is 6. The second-order valence-electron chi connectivity index (χ2n) is 8.14. The molecule has 184 valence electrons. The maximum atomic E-state index is 13.1. The van der Waals surface area contributed by atoms with E-state index in [0.29, 0.717) is 13.1 Å². The van der Waals surface area contributed by atoms with Gasteiger partial charge in [-0.15, -0.1) is 0 Å². The molecule has 35 heavy (non-hydrogen) atoms. The van der Waals surface area contributed by atoms with Crippen LogP contribution < -0.4 is 10.9 Å². The van der Waals surface area contributed by atoms with Crippen LogP contribution in [-0.4, -0.2) is 46.2 Å². The maximum absolute atomic E-state index is 13.1. The number of hydrogen-bond donors (Lipinski definition) is 1. The van der Waals surface area contributed by atoms with Crippen molar-refractivity contribution in [3.8, 4) is 0 Å². The molecule has 1 saturated heterocycles. The lowest BCUT2D eigenvalue weighted by Crippen LogP contribution is -2.32. The van der Waals surface area contributed by atoms with Gasteiger partial charge in [-0.2, -0.15) is 4.31 Å². The van der Waals surface area contributed by atoms with Crippen LogP contribution in [0.3, 0.4) is 0 Å². The van der Waals surface area contributed by atoms with Crippen LogP contribution in [0.1, 0.15) is 25.7 Å². The van der Waals surface area contributed by atoms with E-state index < -0.39 is 33.0 Å². The van der Waals surface area contributed by atoms with Crippen molar-refractivity contribution in [3.05, 3.63) is 68.2 Å². The van der Waals surface area contributed by atoms with E-state index in [2.05, 4.69) is 10.3 Å². The largest absolute Gasteiger partial charge is 0.323 e. The molecule has 13 heteroatoms. The summed E-state index contributed by atoms with van der Waals surface area (Å²) in [5.74, 6) is -0.648. The molecule has 2 heterocycles. The summed E-state index contributed by atoms with van der Waals surface area (Å²) in [5.41, 5.74) is -0.554. The van der Waals surface area contributed by atoms with Gasteiger partial charge >= 0.3 is 0 Å². The Labute approximate surface area is 205 Å². The third-order valence-corrected chi connectivity index (χ3v) is 7.97. The number of amides is 1. The highest BCUT2D eigenvalue weighted by Crippen LogP contribution is 2.28. The molecule has 1 aromatic heterocycles. The predicted molar refractivity (Wildman–Crippen MR) is 130 cm³/mol. The zero-order valence-electron chi connectivity index (χ0n) is 18.5. The molecule has 0 radical (unpaired) electrons. The lowest BCUT2D eigenvalue weighted by Gasteiger charge is -2.20. The average molecular weight is 520 g/mol. The molecule has 0 bridgehead atoms. The number of halogens is 1. The molecule has 11 nitrogen and oxygen atoms in total. The van der Waals surface area contributed by atoms with Crippen molar-refractivity contribution < 1.29 is 18.1 Å². The highest BCUT2D eigenvalue weighted by molar-refractivity contribution is 7.89. The number of carbonyl (C=O) groups excluding carboxylic acids is 1. The zero-order valence-corrected chi connectivity index (χ0v) is 20.1. The molecule has 0 atom stereocenters. The van der Waals surface area contributed by atoms with E-state index in [-0.39, 0.29) is 32.2 Å². The van der Waals surface area contributed by atoms with Crippen molar-refractivity contribution >= 4 is 49.8 Å². The number of nitro groups is 1. The van der Waals surface area contributed by atoms with Gasteiger partial charge in [-0.25, -0.2) is 13.4 Å². The van der Waals surface area contributed by atoms with Crippen LogP contribution in [0.4, 0.5) is 11.4 Å². The minimum atomic E-state index is -3.76. The molecule has 1 fully saturated rings. The smallest absolute Gasteiger partial charge is 0.270 e. The van der Waals surface area contributed by atoms with E-state index in [0.717, 1.165) is 42.6 Å². The van der Waals surface area contributed by atoms with Crippen LogP contribution in [0.2, 0.25) is 5.02 Å². The summed E-state index contributed by atoms with van der Waals surface area (Å²) in [5, 5.41) is 13.7. The monoisotopic (exact) mass is 519 g/mol. The molecular weight excluding hydrogens is 498 g/mol. The molecule has 1 aliphatic heterocycles. The number of fused-ring (bicyclic) bond motifs is 1. The Hall–Kier alpha value is -3.35. The molecule has 0 aliphatic carbocycles. The highest BCUT2D eigenvalue weighted by Gasteiger charge is 2.26. The molecule has 4 rings (SSSR count). The lowest BCUT2D eigenvalue weighted by molar-refractivity contribution is -0.384. The van der Waals surface area contributed by atoms with Crippen LogP contribution in [0, 0.1) is 10.1 Å². The fourth-order valence-electron chi connectivity index (χ4n) is 3.91. The number of nitrogens with one attached hydrogen (secondary N) is 1. The molecule has 3 aromatic rings. The van der Waals surface area contributed by atoms with Crippen LogP contribution in [0.15, 0.2) is 52.4 Å². The number of hydrogen-bond acceptors (Lipinski definition) is 7. The van der Waals surface area contributed by atoms with Gasteiger partial charge < -0.3 is 5.32 Å². The fraction of sp³-hybridized carbons (Fsp3) is 0.318. The first-order valence-electron chi connectivity index (χ1n) is 10.9. The van der Waals surface area contributed by atoms with Gasteiger partial charge in [-0.1, -0.05) is 24.4 Å². The number of anilines is 1. The van der Waals surface area contributed by atoms with Crippen LogP contribution in [0.25, 0.3) is 10.9 Å². The minimum absolute atomic E-state index is 0.00178. The second-order valence-corrected chi connectivity index (χ2v) is 10.5. The SMILES string of the molecule is O=C(Cn1cnc2ccc([N+](=O)[O-])cc2c1=O)Nc1cc(S(=O)(=O)N2CCCCCC2)ccc1Cl. The first-order valence-corrected chi connectivity index (χ1v) is 12.7. The molecule has 2 aromatic carbocycles. The van der Waals surface area contributed by atoms with Crippen molar-refractivity contribution in [1.29, 1.82) is 0 Å². The van der Waals surface area contributed by atoms with Gasteiger partial charge in [0.05, 0.1) is 37.8 Å². The Morgan fingerprint density at radius 3 is 2.51 bits per heavy atom. The van der Waals surface area contributed by atoms with E-state index in [4.69, 9.17) is 11.6 Å². The lowest BCUT2D eigenvalue weighted by atomic mass is 10.2. The van der Waals surface area contributed by atoms with Gasteiger partial charge in [-0.3, -0.25) is 24.3 Å². The zero-order chi connectivity index (χ0) is 25.2. The fourth-order valence-corrected chi connectivity index (χ4v) is 5.62. The average Bonchev–Trinajstić information content (AvgIpc) is 3.12. The Morgan fingerprint density at radius 2 is 1.83 bits per heavy atom. The van der Waals surface area contributed by atoms with E-state index in [1.54, 1.807) is 0 Å². The number of sulfonamides is 1. The van der Waals surface area contributed by atoms with Gasteiger partial charge in [0, 0.05) is 25.2 Å². The Kier molecular flexibility index (Phi) is 7.15. The van der Waals surface area contributed by atoms with Crippen LogP contribution >= 0.6 is 11.6 Å². The van der Waals surface area contributed by atoms with E-state index in [1.807, 2.05) is 0 Å². The quantitative estimate of drug-likeness (QED) is 0.389. The summed E-state index contributed by atoms with van der Waals surface area (Å²) in [7, 11) is -3.76. The Balaban J connectivity index is 1.56. The topological polar surface area (TPSA) is 145 Å². The van der Waals surface area contributed by atoms with Crippen LogP contribution in [0.5, 0.6) is 0 Å². The molecule has 0 spiro atoms. The van der Waals surface area contributed by atoms with Gasteiger partial charge in [0.1, 0.15) is 6.54 Å². The molecule has 1 amide bonds. The van der Waals surface area contributed by atoms with Crippen molar-refractivity contribution in [2.24, 2.45) is 0 Å². The summed E-state index contributed by atoms with van der Waals surface area (Å²) < 4.78 is 28.6. The summed E-state index contributed by atoms with van der Waals surface area (Å²) in [6.45, 7) is 0.412. The number of nitrogens with zero attached hydrogens (tertiary/aromatic N) is 4. The molecule has 1 aliphatic rings. The Morgan fingerprint density at radius 1 is 1.11 bits per heavy atom. The number of non-ortho nitro benzene ring substituents is 1. The predicted octanol–water partition coefficient (Wildman–Crippen LogP) is 3.16.